The van der Waals surface area contributed by atoms with E-state index in [2.05, 4.69) is 15.9 Å². The summed E-state index contributed by atoms with van der Waals surface area (Å²) < 4.78 is 0.923. The van der Waals surface area contributed by atoms with Crippen molar-refractivity contribution in [2.45, 2.75) is 12.5 Å². The third-order valence-electron chi connectivity index (χ3n) is 2.70. The van der Waals surface area contributed by atoms with Crippen molar-refractivity contribution in [2.75, 3.05) is 0 Å². The van der Waals surface area contributed by atoms with Crippen LogP contribution in [0, 0.1) is 0 Å². The Balaban J connectivity index is 2.42. The lowest BCUT2D eigenvalue weighted by atomic mass is 10.0. The van der Waals surface area contributed by atoms with E-state index in [1.165, 1.54) is 0 Å². The van der Waals surface area contributed by atoms with Crippen LogP contribution in [0.25, 0.3) is 10.8 Å². The van der Waals surface area contributed by atoms with Gasteiger partial charge >= 0.3 is 5.97 Å². The van der Waals surface area contributed by atoms with E-state index in [9.17, 15) is 4.79 Å². The summed E-state index contributed by atoms with van der Waals surface area (Å²) in [4.78, 5) is 10.7. The molecule has 1 atom stereocenters. The minimum atomic E-state index is -0.981. The highest BCUT2D eigenvalue weighted by molar-refractivity contribution is 9.10. The maximum absolute atomic E-state index is 10.7. The minimum absolute atomic E-state index is 0.320. The normalized spacial score (nSPS) is 12.6. The lowest BCUT2D eigenvalue weighted by Gasteiger charge is -2.10. The summed E-state index contributed by atoms with van der Waals surface area (Å²) in [5, 5.41) is 11.0. The van der Waals surface area contributed by atoms with Crippen LogP contribution in [0.5, 0.6) is 0 Å². The topological polar surface area (TPSA) is 63.3 Å². The molecule has 0 unspecified atom stereocenters. The molecule has 0 aliphatic carbocycles. The molecule has 2 rings (SSSR count). The van der Waals surface area contributed by atoms with E-state index in [-0.39, 0.29) is 0 Å². The number of aliphatic carboxylic acids is 1. The summed E-state index contributed by atoms with van der Waals surface area (Å²) in [6.45, 7) is 0. The molecule has 2 aromatic rings. The smallest absolute Gasteiger partial charge is 0.320 e. The van der Waals surface area contributed by atoms with E-state index < -0.39 is 12.0 Å². The monoisotopic (exact) mass is 293 g/mol. The molecule has 2 aromatic carbocycles. The van der Waals surface area contributed by atoms with Crippen molar-refractivity contribution in [1.29, 1.82) is 0 Å². The number of carbonyl (C=O) groups is 1. The Hall–Kier alpha value is -1.39. The summed E-state index contributed by atoms with van der Waals surface area (Å²) in [5.74, 6) is -0.981. The summed E-state index contributed by atoms with van der Waals surface area (Å²) in [6.07, 6.45) is 0.320. The molecule has 0 spiro atoms. The van der Waals surface area contributed by atoms with Gasteiger partial charge in [0.2, 0.25) is 0 Å². The van der Waals surface area contributed by atoms with Gasteiger partial charge in [-0.2, -0.15) is 0 Å². The SMILES string of the molecule is N[C@H](Cc1ccc2ccccc2c1Br)C(=O)O. The molecule has 0 heterocycles. The van der Waals surface area contributed by atoms with E-state index >= 15 is 0 Å². The van der Waals surface area contributed by atoms with Crippen LogP contribution in [0.4, 0.5) is 0 Å². The maximum atomic E-state index is 10.7. The van der Waals surface area contributed by atoms with Crippen molar-refractivity contribution in [1.82, 2.24) is 0 Å². The first kappa shape index (κ1) is 12.1. The van der Waals surface area contributed by atoms with Gasteiger partial charge in [0.1, 0.15) is 6.04 Å². The number of benzene rings is 2. The fourth-order valence-corrected chi connectivity index (χ4v) is 2.42. The largest absolute Gasteiger partial charge is 0.480 e. The first-order chi connectivity index (χ1) is 8.09. The Kier molecular flexibility index (Phi) is 3.45. The van der Waals surface area contributed by atoms with Crippen LogP contribution in [0.3, 0.4) is 0 Å². The highest BCUT2D eigenvalue weighted by Crippen LogP contribution is 2.28. The lowest BCUT2D eigenvalue weighted by Crippen LogP contribution is -2.32. The average molecular weight is 294 g/mol. The maximum Gasteiger partial charge on any atom is 0.320 e. The molecule has 0 aromatic heterocycles. The molecule has 0 radical (unpaired) electrons. The predicted molar refractivity (Wildman–Crippen MR) is 71.0 cm³/mol. The van der Waals surface area contributed by atoms with Crippen LogP contribution in [0.2, 0.25) is 0 Å². The van der Waals surface area contributed by atoms with E-state index in [4.69, 9.17) is 10.8 Å². The lowest BCUT2D eigenvalue weighted by molar-refractivity contribution is -0.138. The predicted octanol–water partition coefficient (Wildman–Crippen LogP) is 2.56. The van der Waals surface area contributed by atoms with Crippen molar-refractivity contribution in [3.63, 3.8) is 0 Å². The van der Waals surface area contributed by atoms with Crippen LogP contribution in [-0.4, -0.2) is 17.1 Å². The Labute approximate surface area is 107 Å². The van der Waals surface area contributed by atoms with Gasteiger partial charge in [0.15, 0.2) is 0 Å². The van der Waals surface area contributed by atoms with Gasteiger partial charge in [-0.25, -0.2) is 0 Å². The molecule has 0 saturated heterocycles. The zero-order valence-electron chi connectivity index (χ0n) is 9.06. The highest BCUT2D eigenvalue weighted by Gasteiger charge is 2.14. The number of halogens is 1. The molecule has 17 heavy (non-hydrogen) atoms. The Morgan fingerprint density at radius 1 is 1.29 bits per heavy atom. The third kappa shape index (κ3) is 2.48. The first-order valence-corrected chi connectivity index (χ1v) is 6.03. The number of rotatable bonds is 3. The molecular formula is C13H12BrNO2. The molecule has 0 aliphatic heterocycles. The molecule has 0 saturated carbocycles. The van der Waals surface area contributed by atoms with E-state index in [1.54, 1.807) is 0 Å². The molecule has 0 aliphatic rings. The molecule has 3 nitrogen and oxygen atoms in total. The average Bonchev–Trinajstić information content (AvgIpc) is 2.33. The molecular weight excluding hydrogens is 282 g/mol. The van der Waals surface area contributed by atoms with Crippen LogP contribution in [-0.2, 0) is 11.2 Å². The number of fused-ring (bicyclic) bond motifs is 1. The van der Waals surface area contributed by atoms with Crippen LogP contribution >= 0.6 is 15.9 Å². The summed E-state index contributed by atoms with van der Waals surface area (Å²) in [5.41, 5.74) is 6.46. The van der Waals surface area contributed by atoms with E-state index in [1.807, 2.05) is 36.4 Å². The third-order valence-corrected chi connectivity index (χ3v) is 3.64. The number of carboxylic acid groups (broad SMARTS) is 1. The molecule has 88 valence electrons. The Bertz CT molecular complexity index is 568. The second-order valence-electron chi connectivity index (χ2n) is 3.91. The van der Waals surface area contributed by atoms with E-state index in [0.29, 0.717) is 6.42 Å². The summed E-state index contributed by atoms with van der Waals surface area (Å²) in [6, 6.07) is 11.0. The second-order valence-corrected chi connectivity index (χ2v) is 4.70. The number of hydrogen-bond donors (Lipinski definition) is 2. The second kappa shape index (κ2) is 4.85. The highest BCUT2D eigenvalue weighted by atomic mass is 79.9. The zero-order chi connectivity index (χ0) is 12.4. The summed E-state index contributed by atoms with van der Waals surface area (Å²) >= 11 is 3.51. The van der Waals surface area contributed by atoms with Crippen molar-refractivity contribution in [3.8, 4) is 0 Å². The number of nitrogens with two attached hydrogens (primary N) is 1. The fraction of sp³-hybridized carbons (Fsp3) is 0.154. The fourth-order valence-electron chi connectivity index (χ4n) is 1.76. The Morgan fingerprint density at radius 2 is 2.00 bits per heavy atom. The van der Waals surface area contributed by atoms with Gasteiger partial charge in [-0.15, -0.1) is 0 Å². The van der Waals surface area contributed by atoms with Gasteiger partial charge in [-0.05, 0) is 38.7 Å². The summed E-state index contributed by atoms with van der Waals surface area (Å²) in [7, 11) is 0. The number of hydrogen-bond acceptors (Lipinski definition) is 2. The molecule has 0 bridgehead atoms. The Morgan fingerprint density at radius 3 is 2.71 bits per heavy atom. The molecule has 0 amide bonds. The minimum Gasteiger partial charge on any atom is -0.480 e. The van der Waals surface area contributed by atoms with Gasteiger partial charge in [0.25, 0.3) is 0 Å². The standard InChI is InChI=1S/C13H12BrNO2/c14-12-9(7-11(15)13(16)17)6-5-8-3-1-2-4-10(8)12/h1-6,11H,7,15H2,(H,16,17)/t11-/m1/s1. The molecule has 4 heteroatoms. The van der Waals surface area contributed by atoms with Crippen LogP contribution < -0.4 is 5.73 Å². The first-order valence-electron chi connectivity index (χ1n) is 5.24. The van der Waals surface area contributed by atoms with Gasteiger partial charge < -0.3 is 10.8 Å². The van der Waals surface area contributed by atoms with Gasteiger partial charge in [0.05, 0.1) is 0 Å². The van der Waals surface area contributed by atoms with Crippen molar-refractivity contribution < 1.29 is 9.90 Å². The molecule has 3 N–H and O–H groups in total. The van der Waals surface area contributed by atoms with Gasteiger partial charge in [0, 0.05) is 4.47 Å². The van der Waals surface area contributed by atoms with Crippen LogP contribution in [0.1, 0.15) is 5.56 Å². The zero-order valence-corrected chi connectivity index (χ0v) is 10.6. The van der Waals surface area contributed by atoms with Crippen molar-refractivity contribution >= 4 is 32.7 Å². The quantitative estimate of drug-likeness (QED) is 0.914. The number of carboxylic acids is 1. The van der Waals surface area contributed by atoms with E-state index in [0.717, 1.165) is 20.8 Å². The van der Waals surface area contributed by atoms with Crippen LogP contribution in [0.15, 0.2) is 40.9 Å². The van der Waals surface area contributed by atoms with Crippen molar-refractivity contribution in [2.24, 2.45) is 5.73 Å². The molecule has 0 fully saturated rings. The van der Waals surface area contributed by atoms with Gasteiger partial charge in [-0.3, -0.25) is 4.79 Å². The van der Waals surface area contributed by atoms with Gasteiger partial charge in [-0.1, -0.05) is 36.4 Å². The van der Waals surface area contributed by atoms with Crippen molar-refractivity contribution in [3.05, 3.63) is 46.4 Å².